The Morgan fingerprint density at radius 2 is 2.17 bits per heavy atom. The number of aryl methyl sites for hydroxylation is 1. The summed E-state index contributed by atoms with van der Waals surface area (Å²) in [6.07, 6.45) is 0. The Hall–Kier alpha value is -1.95. The maximum absolute atomic E-state index is 13.0. The zero-order chi connectivity index (χ0) is 13.7. The van der Waals surface area contributed by atoms with E-state index >= 15 is 0 Å². The Labute approximate surface area is 104 Å². The highest BCUT2D eigenvalue weighted by Crippen LogP contribution is 2.09. The van der Waals surface area contributed by atoms with Crippen LogP contribution < -0.4 is 5.32 Å². The Morgan fingerprint density at radius 1 is 1.50 bits per heavy atom. The summed E-state index contributed by atoms with van der Waals surface area (Å²) in [4.78, 5) is 22.6. The van der Waals surface area contributed by atoms with Crippen molar-refractivity contribution in [3.63, 3.8) is 0 Å². The summed E-state index contributed by atoms with van der Waals surface area (Å²) in [6, 6.07) is 2.68. The lowest BCUT2D eigenvalue weighted by Crippen LogP contribution is -2.43. The number of benzene rings is 1. The molecule has 0 saturated carbocycles. The fourth-order valence-electron chi connectivity index (χ4n) is 1.37. The van der Waals surface area contributed by atoms with Gasteiger partial charge in [-0.25, -0.2) is 9.18 Å². The first-order valence-electron chi connectivity index (χ1n) is 5.24. The van der Waals surface area contributed by atoms with Crippen LogP contribution in [0.25, 0.3) is 0 Å². The van der Waals surface area contributed by atoms with Crippen LogP contribution in [0.4, 0.5) is 4.39 Å². The lowest BCUT2D eigenvalue weighted by Gasteiger charge is -2.13. The van der Waals surface area contributed by atoms with E-state index in [-0.39, 0.29) is 12.2 Å². The number of nitrogens with one attached hydrogen (secondary N) is 1. The fraction of sp³-hybridized carbons (Fsp3) is 0.333. The van der Waals surface area contributed by atoms with Crippen LogP contribution in [0.15, 0.2) is 18.2 Å². The average Bonchev–Trinajstić information content (AvgIpc) is 2.31. The molecule has 0 heterocycles. The Bertz CT molecular complexity index is 461. The quantitative estimate of drug-likeness (QED) is 0.821. The van der Waals surface area contributed by atoms with Gasteiger partial charge in [-0.3, -0.25) is 4.79 Å². The lowest BCUT2D eigenvalue weighted by atomic mass is 10.1. The van der Waals surface area contributed by atoms with Gasteiger partial charge in [0.1, 0.15) is 5.82 Å². The molecule has 0 fully saturated rings. The molecule has 0 bridgehead atoms. The number of amides is 1. The molecule has 2 N–H and O–H groups in total. The molecule has 1 rings (SSSR count). The summed E-state index contributed by atoms with van der Waals surface area (Å²) in [6.45, 7) is 1.39. The smallest absolute Gasteiger partial charge is 0.328 e. The van der Waals surface area contributed by atoms with E-state index in [2.05, 4.69) is 10.1 Å². The van der Waals surface area contributed by atoms with E-state index in [1.54, 1.807) is 0 Å². The number of carbonyl (C=O) groups is 2. The number of rotatable bonds is 5. The van der Waals surface area contributed by atoms with Gasteiger partial charge < -0.3 is 15.2 Å². The van der Waals surface area contributed by atoms with E-state index in [9.17, 15) is 14.0 Å². The van der Waals surface area contributed by atoms with Crippen molar-refractivity contribution in [1.29, 1.82) is 0 Å². The minimum atomic E-state index is -1.19. The second kappa shape index (κ2) is 6.11. The first kappa shape index (κ1) is 14.1. The van der Waals surface area contributed by atoms with Crippen molar-refractivity contribution in [2.45, 2.75) is 13.0 Å². The van der Waals surface area contributed by atoms with Crippen LogP contribution in [0.3, 0.4) is 0 Å². The molecule has 6 heteroatoms. The van der Waals surface area contributed by atoms with Crippen molar-refractivity contribution >= 4 is 11.9 Å². The van der Waals surface area contributed by atoms with E-state index in [0.717, 1.165) is 6.07 Å². The van der Waals surface area contributed by atoms with Crippen LogP contribution in [0.5, 0.6) is 0 Å². The zero-order valence-corrected chi connectivity index (χ0v) is 10.1. The number of carboxylic acid groups (broad SMARTS) is 1. The number of carbonyl (C=O) groups excluding carboxylic acids is 1. The van der Waals surface area contributed by atoms with Crippen molar-refractivity contribution in [3.8, 4) is 0 Å². The number of aliphatic carboxylic acids is 1. The predicted octanol–water partition coefficient (Wildman–Crippen LogP) is 0.964. The van der Waals surface area contributed by atoms with Crippen LogP contribution in [-0.4, -0.2) is 36.7 Å². The lowest BCUT2D eigenvalue weighted by molar-refractivity contribution is -0.140. The molecule has 1 aromatic carbocycles. The number of hydrogen-bond donors (Lipinski definition) is 2. The molecule has 5 nitrogen and oxygen atoms in total. The molecule has 0 aliphatic rings. The molecule has 0 radical (unpaired) electrons. The standard InChI is InChI=1S/C12H14FNO4/c1-7-5-8(3-4-9(7)13)11(15)14-10(6-18-2)12(16)17/h3-5,10H,6H2,1-2H3,(H,14,15)(H,16,17). The number of ether oxygens (including phenoxy) is 1. The van der Waals surface area contributed by atoms with Crippen molar-refractivity contribution in [2.75, 3.05) is 13.7 Å². The minimum Gasteiger partial charge on any atom is -0.480 e. The topological polar surface area (TPSA) is 75.6 Å². The van der Waals surface area contributed by atoms with Gasteiger partial charge in [-0.2, -0.15) is 0 Å². The molecular formula is C12H14FNO4. The second-order valence-electron chi connectivity index (χ2n) is 3.78. The molecule has 0 spiro atoms. The van der Waals surface area contributed by atoms with Gasteiger partial charge in [0.05, 0.1) is 6.61 Å². The van der Waals surface area contributed by atoms with E-state index < -0.39 is 23.7 Å². The molecule has 0 saturated heterocycles. The zero-order valence-electron chi connectivity index (χ0n) is 10.1. The Balaban J connectivity index is 2.80. The molecule has 0 aliphatic heterocycles. The SMILES string of the molecule is COCC(NC(=O)c1ccc(F)c(C)c1)C(=O)O. The van der Waals surface area contributed by atoms with Gasteiger partial charge in [0, 0.05) is 12.7 Å². The molecule has 98 valence electrons. The third kappa shape index (κ3) is 3.53. The third-order valence-electron chi connectivity index (χ3n) is 2.36. The summed E-state index contributed by atoms with van der Waals surface area (Å²) < 4.78 is 17.7. The third-order valence-corrected chi connectivity index (χ3v) is 2.36. The molecule has 1 aromatic rings. The van der Waals surface area contributed by atoms with Crippen molar-refractivity contribution in [3.05, 3.63) is 35.1 Å². The van der Waals surface area contributed by atoms with E-state index in [1.165, 1.54) is 26.2 Å². The number of halogens is 1. The molecule has 0 aromatic heterocycles. The van der Waals surface area contributed by atoms with Crippen molar-refractivity contribution < 1.29 is 23.8 Å². The monoisotopic (exact) mass is 255 g/mol. The predicted molar refractivity (Wildman–Crippen MR) is 61.9 cm³/mol. The molecule has 1 amide bonds. The Morgan fingerprint density at radius 3 is 2.67 bits per heavy atom. The van der Waals surface area contributed by atoms with Gasteiger partial charge in [-0.15, -0.1) is 0 Å². The van der Waals surface area contributed by atoms with Crippen LogP contribution in [0.1, 0.15) is 15.9 Å². The molecule has 18 heavy (non-hydrogen) atoms. The van der Waals surface area contributed by atoms with E-state index in [0.29, 0.717) is 5.56 Å². The molecule has 1 atom stereocenters. The van der Waals surface area contributed by atoms with Crippen molar-refractivity contribution in [2.24, 2.45) is 0 Å². The van der Waals surface area contributed by atoms with Crippen LogP contribution in [0.2, 0.25) is 0 Å². The highest BCUT2D eigenvalue weighted by molar-refractivity contribution is 5.96. The molecule has 0 aliphatic carbocycles. The largest absolute Gasteiger partial charge is 0.480 e. The number of methoxy groups -OCH3 is 1. The first-order valence-corrected chi connectivity index (χ1v) is 5.24. The summed E-state index contributed by atoms with van der Waals surface area (Å²) >= 11 is 0. The summed E-state index contributed by atoms with van der Waals surface area (Å²) in [5.74, 6) is -2.19. The Kier molecular flexibility index (Phi) is 4.79. The summed E-state index contributed by atoms with van der Waals surface area (Å²) in [7, 11) is 1.34. The average molecular weight is 255 g/mol. The normalized spacial score (nSPS) is 11.9. The first-order chi connectivity index (χ1) is 8.45. The van der Waals surface area contributed by atoms with Crippen LogP contribution in [-0.2, 0) is 9.53 Å². The highest BCUT2D eigenvalue weighted by Gasteiger charge is 2.20. The second-order valence-corrected chi connectivity index (χ2v) is 3.78. The highest BCUT2D eigenvalue weighted by atomic mass is 19.1. The summed E-state index contributed by atoms with van der Waals surface area (Å²) in [5, 5.41) is 11.1. The van der Waals surface area contributed by atoms with Crippen LogP contribution in [0, 0.1) is 12.7 Å². The maximum atomic E-state index is 13.0. The van der Waals surface area contributed by atoms with Crippen LogP contribution >= 0.6 is 0 Å². The van der Waals surface area contributed by atoms with Gasteiger partial charge in [-0.1, -0.05) is 0 Å². The van der Waals surface area contributed by atoms with Gasteiger partial charge in [0.25, 0.3) is 5.91 Å². The maximum Gasteiger partial charge on any atom is 0.328 e. The summed E-state index contributed by atoms with van der Waals surface area (Å²) in [5.41, 5.74) is 0.525. The fourth-order valence-corrected chi connectivity index (χ4v) is 1.37. The van der Waals surface area contributed by atoms with Gasteiger partial charge in [-0.05, 0) is 30.7 Å². The number of carboxylic acids is 1. The number of hydrogen-bond acceptors (Lipinski definition) is 3. The van der Waals surface area contributed by atoms with Gasteiger partial charge >= 0.3 is 5.97 Å². The van der Waals surface area contributed by atoms with Gasteiger partial charge in [0.2, 0.25) is 0 Å². The minimum absolute atomic E-state index is 0.138. The van der Waals surface area contributed by atoms with E-state index in [1.807, 2.05) is 0 Å². The van der Waals surface area contributed by atoms with Crippen molar-refractivity contribution in [1.82, 2.24) is 5.32 Å². The molecule has 1 unspecified atom stereocenters. The van der Waals surface area contributed by atoms with Gasteiger partial charge in [0.15, 0.2) is 6.04 Å². The van der Waals surface area contributed by atoms with E-state index in [4.69, 9.17) is 5.11 Å². The molecular weight excluding hydrogens is 241 g/mol.